The number of amides is 1. The molecule has 3 aliphatic rings. The number of aliphatic hydroxyl groups is 11. The zero-order valence-electron chi connectivity index (χ0n) is 60.4. The topological polar surface area (TPSA) is 307 Å². The summed E-state index contributed by atoms with van der Waals surface area (Å²) in [4.78, 5) is 13.5. The minimum Gasteiger partial charge on any atom is -0.394 e. The molecule has 96 heavy (non-hydrogen) atoms. The van der Waals surface area contributed by atoms with Crippen LogP contribution in [0.2, 0.25) is 0 Å². The van der Waals surface area contributed by atoms with Crippen molar-refractivity contribution in [3.8, 4) is 0 Å². The highest BCUT2D eigenvalue weighted by molar-refractivity contribution is 5.76. The molecule has 0 aromatic carbocycles. The van der Waals surface area contributed by atoms with Crippen molar-refractivity contribution in [2.75, 3.05) is 26.4 Å². The molecular formula is C77H145NO18. The van der Waals surface area contributed by atoms with Crippen LogP contribution < -0.4 is 5.32 Å². The molecule has 3 aliphatic heterocycles. The lowest BCUT2D eigenvalue weighted by Crippen LogP contribution is -2.66. The number of unbranched alkanes of at least 4 members (excludes halogenated alkanes) is 45. The Balaban J connectivity index is 1.39. The predicted molar refractivity (Wildman–Crippen MR) is 379 cm³/mol. The fraction of sp³-hybridized carbons (Fsp3) is 0.935. The van der Waals surface area contributed by atoms with Crippen LogP contribution in [0.15, 0.2) is 24.3 Å². The van der Waals surface area contributed by atoms with Gasteiger partial charge in [-0.1, -0.05) is 301 Å². The number of carbonyl (C=O) groups excluding carboxylic acids is 1. The van der Waals surface area contributed by atoms with Gasteiger partial charge in [-0.05, 0) is 44.9 Å². The molecule has 0 saturated carbocycles. The van der Waals surface area contributed by atoms with Crippen LogP contribution in [-0.4, -0.2) is 193 Å². The van der Waals surface area contributed by atoms with E-state index in [1.807, 2.05) is 6.08 Å². The summed E-state index contributed by atoms with van der Waals surface area (Å²) in [6.45, 7) is 1.79. The van der Waals surface area contributed by atoms with Gasteiger partial charge in [0.25, 0.3) is 0 Å². The summed E-state index contributed by atoms with van der Waals surface area (Å²) in [5.74, 6) is -0.271. The summed E-state index contributed by atoms with van der Waals surface area (Å²) in [5, 5.41) is 121. The molecule has 12 N–H and O–H groups in total. The van der Waals surface area contributed by atoms with Crippen molar-refractivity contribution >= 4 is 5.91 Å². The predicted octanol–water partition coefficient (Wildman–Crippen LogP) is 12.6. The number of hydrogen-bond acceptors (Lipinski definition) is 18. The molecule has 19 nitrogen and oxygen atoms in total. The fourth-order valence-electron chi connectivity index (χ4n) is 13.6. The molecule has 17 unspecified atom stereocenters. The van der Waals surface area contributed by atoms with E-state index in [-0.39, 0.29) is 18.9 Å². The minimum absolute atomic E-state index is 0.245. The Morgan fingerprint density at radius 3 is 1.01 bits per heavy atom. The highest BCUT2D eigenvalue weighted by atomic mass is 16.8. The van der Waals surface area contributed by atoms with Crippen LogP contribution in [0.1, 0.15) is 328 Å². The van der Waals surface area contributed by atoms with Crippen molar-refractivity contribution in [1.29, 1.82) is 0 Å². The quantitative estimate of drug-likeness (QED) is 0.0199. The Kier molecular flexibility index (Phi) is 54.1. The second-order valence-corrected chi connectivity index (χ2v) is 28.5. The molecule has 0 aliphatic carbocycles. The highest BCUT2D eigenvalue weighted by Crippen LogP contribution is 2.33. The van der Waals surface area contributed by atoms with Gasteiger partial charge < -0.3 is 89.9 Å². The first-order chi connectivity index (χ1) is 46.8. The molecule has 566 valence electrons. The summed E-state index contributed by atoms with van der Waals surface area (Å²) >= 11 is 0. The molecule has 3 heterocycles. The van der Waals surface area contributed by atoms with Crippen molar-refractivity contribution in [2.45, 2.75) is 433 Å². The molecule has 3 saturated heterocycles. The van der Waals surface area contributed by atoms with E-state index in [9.17, 15) is 61.0 Å². The first kappa shape index (κ1) is 88.5. The number of allylic oxidation sites excluding steroid dienone is 3. The normalized spacial score (nSPS) is 27.1. The van der Waals surface area contributed by atoms with Crippen molar-refractivity contribution in [1.82, 2.24) is 5.32 Å². The smallest absolute Gasteiger partial charge is 0.220 e. The maximum atomic E-state index is 13.5. The van der Waals surface area contributed by atoms with E-state index in [0.717, 1.165) is 44.9 Å². The van der Waals surface area contributed by atoms with Gasteiger partial charge in [-0.2, -0.15) is 0 Å². The van der Waals surface area contributed by atoms with E-state index in [2.05, 4.69) is 31.3 Å². The second-order valence-electron chi connectivity index (χ2n) is 28.5. The Morgan fingerprint density at radius 1 is 0.365 bits per heavy atom. The molecule has 3 fully saturated rings. The van der Waals surface area contributed by atoms with Gasteiger partial charge in [-0.3, -0.25) is 4.79 Å². The Hall–Kier alpha value is -1.73. The van der Waals surface area contributed by atoms with Gasteiger partial charge in [0.15, 0.2) is 18.9 Å². The van der Waals surface area contributed by atoms with Gasteiger partial charge in [-0.25, -0.2) is 0 Å². The standard InChI is InChI=1S/C77H145NO18/c1-3-5-7-9-11-13-15-17-19-21-23-25-27-28-29-30-31-33-34-36-38-40-42-44-46-48-50-52-54-61(82)60(78-65(83)55-53-51-49-47-45-43-41-39-37-35-32-26-24-22-20-18-16-14-12-10-8-6-4-2)59-91-75-71(89)68(86)73(63(57-80)93-75)96-77-72(90)69(87)74(64(58-81)94-77)95-76-70(88)67(85)66(84)62(56-79)92-76/h22,24,52,54,60-64,66-77,79-82,84-90H,3-21,23,25-51,53,55-59H2,1-2H3,(H,78,83)/b24-22-,54-52+. The van der Waals surface area contributed by atoms with Crippen LogP contribution in [-0.2, 0) is 33.2 Å². The molecule has 0 bridgehead atoms. The number of carbonyl (C=O) groups is 1. The van der Waals surface area contributed by atoms with Crippen molar-refractivity contribution in [3.63, 3.8) is 0 Å². The zero-order valence-corrected chi connectivity index (χ0v) is 60.4. The fourth-order valence-corrected chi connectivity index (χ4v) is 13.6. The average Bonchev–Trinajstić information content (AvgIpc) is 0.788. The lowest BCUT2D eigenvalue weighted by molar-refractivity contribution is -0.379. The van der Waals surface area contributed by atoms with Crippen molar-refractivity contribution < 1.29 is 89.4 Å². The first-order valence-electron chi connectivity index (χ1n) is 39.6. The number of nitrogens with one attached hydrogen (secondary N) is 1. The van der Waals surface area contributed by atoms with Crippen LogP contribution in [0.4, 0.5) is 0 Å². The summed E-state index contributed by atoms with van der Waals surface area (Å²) in [7, 11) is 0. The van der Waals surface area contributed by atoms with Crippen LogP contribution in [0.5, 0.6) is 0 Å². The third-order valence-electron chi connectivity index (χ3n) is 20.0. The Morgan fingerprint density at radius 2 is 0.656 bits per heavy atom. The van der Waals surface area contributed by atoms with E-state index < -0.39 is 124 Å². The molecule has 17 atom stereocenters. The van der Waals surface area contributed by atoms with E-state index in [4.69, 9.17) is 28.4 Å². The van der Waals surface area contributed by atoms with Gasteiger partial charge in [0.1, 0.15) is 73.2 Å². The van der Waals surface area contributed by atoms with Gasteiger partial charge in [0.05, 0.1) is 38.6 Å². The lowest BCUT2D eigenvalue weighted by atomic mass is 9.96. The van der Waals surface area contributed by atoms with Crippen LogP contribution >= 0.6 is 0 Å². The third kappa shape index (κ3) is 39.1. The second kappa shape index (κ2) is 58.7. The van der Waals surface area contributed by atoms with E-state index in [1.54, 1.807) is 6.08 Å². The van der Waals surface area contributed by atoms with Gasteiger partial charge in [0, 0.05) is 6.42 Å². The van der Waals surface area contributed by atoms with Gasteiger partial charge in [0.2, 0.25) is 5.91 Å². The Labute approximate surface area is 581 Å². The molecule has 19 heteroatoms. The van der Waals surface area contributed by atoms with Gasteiger partial charge in [-0.15, -0.1) is 0 Å². The molecule has 1 amide bonds. The van der Waals surface area contributed by atoms with Crippen molar-refractivity contribution in [2.24, 2.45) is 0 Å². The van der Waals surface area contributed by atoms with Crippen LogP contribution in [0, 0.1) is 0 Å². The van der Waals surface area contributed by atoms with Gasteiger partial charge >= 0.3 is 0 Å². The number of ether oxygens (including phenoxy) is 6. The van der Waals surface area contributed by atoms with E-state index in [1.165, 1.54) is 257 Å². The monoisotopic (exact) mass is 1370 g/mol. The minimum atomic E-state index is -1.98. The summed E-state index contributed by atoms with van der Waals surface area (Å²) < 4.78 is 34.5. The lowest BCUT2D eigenvalue weighted by Gasteiger charge is -2.48. The average molecular weight is 1370 g/mol. The number of hydrogen-bond donors (Lipinski definition) is 12. The first-order valence-corrected chi connectivity index (χ1v) is 39.6. The number of rotatable bonds is 63. The van der Waals surface area contributed by atoms with E-state index >= 15 is 0 Å². The SMILES string of the molecule is CCCCCCCCCC/C=C\CCCCCCCCCCCCCC(=O)NC(COC1OC(CO)C(OC2OC(CO)C(OC3OC(CO)C(O)C(O)C3O)C(O)C2O)C(O)C1O)C(O)/C=C/CCCCCCCCCCCCCCCCCCCCCCCCCCCC. The summed E-state index contributed by atoms with van der Waals surface area (Å²) in [5.41, 5.74) is 0. The Bertz CT molecular complexity index is 1830. The van der Waals surface area contributed by atoms with Crippen molar-refractivity contribution in [3.05, 3.63) is 24.3 Å². The summed E-state index contributed by atoms with van der Waals surface area (Å²) in [6.07, 6.45) is 43.0. The molecule has 0 spiro atoms. The molecular weight excluding hydrogens is 1230 g/mol. The largest absolute Gasteiger partial charge is 0.394 e. The van der Waals surface area contributed by atoms with E-state index in [0.29, 0.717) is 6.42 Å². The zero-order chi connectivity index (χ0) is 69.6. The third-order valence-corrected chi connectivity index (χ3v) is 20.0. The molecule has 0 radical (unpaired) electrons. The maximum absolute atomic E-state index is 13.5. The molecule has 0 aromatic heterocycles. The summed E-state index contributed by atoms with van der Waals surface area (Å²) in [6, 6.07) is -0.973. The highest BCUT2D eigenvalue weighted by Gasteiger charge is 2.53. The molecule has 0 aromatic rings. The number of aliphatic hydroxyl groups excluding tert-OH is 11. The van der Waals surface area contributed by atoms with Crippen LogP contribution in [0.25, 0.3) is 0 Å². The maximum Gasteiger partial charge on any atom is 0.220 e. The van der Waals surface area contributed by atoms with Crippen LogP contribution in [0.3, 0.4) is 0 Å². The molecule has 3 rings (SSSR count).